The predicted octanol–water partition coefficient (Wildman–Crippen LogP) is 2.38. The summed E-state index contributed by atoms with van der Waals surface area (Å²) < 4.78 is 25.7. The first kappa shape index (κ1) is 14.5. The van der Waals surface area contributed by atoms with Gasteiger partial charge >= 0.3 is 0 Å². The van der Waals surface area contributed by atoms with Crippen LogP contribution in [0.25, 0.3) is 11.2 Å². The van der Waals surface area contributed by atoms with Gasteiger partial charge < -0.3 is 4.57 Å². The summed E-state index contributed by atoms with van der Waals surface area (Å²) in [6, 6.07) is 3.81. The first-order valence-corrected chi connectivity index (χ1v) is 9.09. The van der Waals surface area contributed by atoms with Crippen LogP contribution in [0.4, 0.5) is 0 Å². The van der Waals surface area contributed by atoms with Crippen LogP contribution in [0.5, 0.6) is 0 Å². The lowest BCUT2D eigenvalue weighted by atomic mass is 9.96. The molecule has 114 valence electrons. The summed E-state index contributed by atoms with van der Waals surface area (Å²) in [6.07, 6.45) is 2.42. The lowest BCUT2D eigenvalue weighted by molar-refractivity contribution is 0.339. The maximum absolute atomic E-state index is 11.8. The molecule has 5 nitrogen and oxygen atoms in total. The maximum atomic E-state index is 11.8. The van der Waals surface area contributed by atoms with Gasteiger partial charge in [-0.2, -0.15) is 0 Å². The molecule has 0 bridgehead atoms. The standard InChI is InChI=1S/C15H21N3O2S/c1-15(2,3)10-18-13(11-6-8-21(19,20)9-11)17-12-5-4-7-16-14(12)18/h4-5,7,11H,6,8-10H2,1-3H3. The van der Waals surface area contributed by atoms with Crippen molar-refractivity contribution in [1.29, 1.82) is 0 Å². The zero-order chi connectivity index (χ0) is 15.3. The van der Waals surface area contributed by atoms with Crippen molar-refractivity contribution in [1.82, 2.24) is 14.5 Å². The number of imidazole rings is 1. The van der Waals surface area contributed by atoms with Crippen molar-refractivity contribution >= 4 is 21.0 Å². The van der Waals surface area contributed by atoms with Gasteiger partial charge in [-0.25, -0.2) is 18.4 Å². The van der Waals surface area contributed by atoms with E-state index in [4.69, 9.17) is 0 Å². The fourth-order valence-corrected chi connectivity index (χ4v) is 4.66. The molecule has 0 spiro atoms. The Morgan fingerprint density at radius 1 is 1.38 bits per heavy atom. The molecule has 0 N–H and O–H groups in total. The van der Waals surface area contributed by atoms with Gasteiger partial charge in [-0.05, 0) is 24.0 Å². The van der Waals surface area contributed by atoms with Crippen molar-refractivity contribution in [2.75, 3.05) is 11.5 Å². The van der Waals surface area contributed by atoms with E-state index in [0.29, 0.717) is 6.42 Å². The molecule has 0 amide bonds. The van der Waals surface area contributed by atoms with Gasteiger partial charge in [0.05, 0.1) is 11.5 Å². The van der Waals surface area contributed by atoms with Crippen LogP contribution in [-0.2, 0) is 16.4 Å². The molecule has 6 heteroatoms. The van der Waals surface area contributed by atoms with Crippen molar-refractivity contribution in [2.45, 2.75) is 39.7 Å². The topological polar surface area (TPSA) is 64.8 Å². The SMILES string of the molecule is CC(C)(C)Cn1c(C2CCS(=O)(=O)C2)nc2cccnc21. The Bertz CT molecular complexity index is 772. The quantitative estimate of drug-likeness (QED) is 0.854. The van der Waals surface area contributed by atoms with Crippen molar-refractivity contribution in [3.63, 3.8) is 0 Å². The summed E-state index contributed by atoms with van der Waals surface area (Å²) in [5, 5.41) is 0. The molecule has 1 unspecified atom stereocenters. The number of fused-ring (bicyclic) bond motifs is 1. The number of pyridine rings is 1. The van der Waals surface area contributed by atoms with E-state index in [0.717, 1.165) is 23.5 Å². The van der Waals surface area contributed by atoms with Crippen LogP contribution in [0.15, 0.2) is 18.3 Å². The summed E-state index contributed by atoms with van der Waals surface area (Å²) in [5.41, 5.74) is 1.78. The molecule has 3 rings (SSSR count). The molecular formula is C15H21N3O2S. The molecular weight excluding hydrogens is 286 g/mol. The zero-order valence-electron chi connectivity index (χ0n) is 12.7. The average molecular weight is 307 g/mol. The van der Waals surface area contributed by atoms with E-state index in [2.05, 4.69) is 35.3 Å². The molecule has 2 aromatic heterocycles. The molecule has 1 aliphatic rings. The number of hydrogen-bond acceptors (Lipinski definition) is 4. The Labute approximate surface area is 125 Å². The van der Waals surface area contributed by atoms with Gasteiger partial charge in [0.25, 0.3) is 0 Å². The first-order chi connectivity index (χ1) is 9.75. The summed E-state index contributed by atoms with van der Waals surface area (Å²) in [6.45, 7) is 7.28. The highest BCUT2D eigenvalue weighted by Gasteiger charge is 2.33. The van der Waals surface area contributed by atoms with Crippen molar-refractivity contribution in [3.05, 3.63) is 24.2 Å². The molecule has 0 aliphatic carbocycles. The van der Waals surface area contributed by atoms with E-state index in [1.807, 2.05) is 12.1 Å². The summed E-state index contributed by atoms with van der Waals surface area (Å²) in [7, 11) is -2.92. The molecule has 1 aliphatic heterocycles. The van der Waals surface area contributed by atoms with Gasteiger partial charge in [0, 0.05) is 18.7 Å². The Morgan fingerprint density at radius 2 is 2.14 bits per heavy atom. The van der Waals surface area contributed by atoms with Crippen molar-refractivity contribution in [2.24, 2.45) is 5.41 Å². The highest BCUT2D eigenvalue weighted by atomic mass is 32.2. The summed E-state index contributed by atoms with van der Waals surface area (Å²) in [4.78, 5) is 9.13. The Kier molecular flexibility index (Phi) is 3.31. The van der Waals surface area contributed by atoms with Crippen LogP contribution < -0.4 is 0 Å². The van der Waals surface area contributed by atoms with Gasteiger partial charge in [-0.3, -0.25) is 0 Å². The molecule has 0 aromatic carbocycles. The van der Waals surface area contributed by atoms with Crippen LogP contribution in [0, 0.1) is 5.41 Å². The number of rotatable bonds is 2. The highest BCUT2D eigenvalue weighted by Crippen LogP contribution is 2.32. The third-order valence-corrected chi connectivity index (χ3v) is 5.53. The fraction of sp³-hybridized carbons (Fsp3) is 0.600. The van der Waals surface area contributed by atoms with Gasteiger partial charge in [-0.15, -0.1) is 0 Å². The number of nitrogens with zero attached hydrogens (tertiary/aromatic N) is 3. The van der Waals surface area contributed by atoms with Crippen molar-refractivity contribution in [3.8, 4) is 0 Å². The number of aromatic nitrogens is 3. The second-order valence-corrected chi connectivity index (χ2v) is 9.29. The zero-order valence-corrected chi connectivity index (χ0v) is 13.5. The van der Waals surface area contributed by atoms with E-state index in [-0.39, 0.29) is 22.8 Å². The molecule has 1 fully saturated rings. The third kappa shape index (κ3) is 2.95. The van der Waals surface area contributed by atoms with E-state index in [9.17, 15) is 8.42 Å². The minimum atomic E-state index is -2.92. The lowest BCUT2D eigenvalue weighted by Gasteiger charge is -2.22. The molecule has 1 saturated heterocycles. The second kappa shape index (κ2) is 4.80. The van der Waals surface area contributed by atoms with Gasteiger partial charge in [0.1, 0.15) is 11.3 Å². The van der Waals surface area contributed by atoms with Crippen LogP contribution in [0.1, 0.15) is 38.9 Å². The molecule has 21 heavy (non-hydrogen) atoms. The Morgan fingerprint density at radius 3 is 2.76 bits per heavy atom. The third-order valence-electron chi connectivity index (χ3n) is 3.76. The lowest BCUT2D eigenvalue weighted by Crippen LogP contribution is -2.20. The normalized spacial score (nSPS) is 22.0. The second-order valence-electron chi connectivity index (χ2n) is 7.06. The van der Waals surface area contributed by atoms with Gasteiger partial charge in [0.15, 0.2) is 15.5 Å². The number of hydrogen-bond donors (Lipinski definition) is 0. The molecule has 1 atom stereocenters. The van der Waals surface area contributed by atoms with Gasteiger partial charge in [-0.1, -0.05) is 20.8 Å². The minimum Gasteiger partial charge on any atom is -0.312 e. The number of sulfone groups is 1. The van der Waals surface area contributed by atoms with Crippen LogP contribution in [0.2, 0.25) is 0 Å². The molecule has 2 aromatic rings. The van der Waals surface area contributed by atoms with Gasteiger partial charge in [0.2, 0.25) is 0 Å². The molecule has 0 radical (unpaired) electrons. The van der Waals surface area contributed by atoms with E-state index < -0.39 is 9.84 Å². The summed E-state index contributed by atoms with van der Waals surface area (Å²) in [5.74, 6) is 1.34. The Balaban J connectivity index is 2.11. The largest absolute Gasteiger partial charge is 0.312 e. The fourth-order valence-electron chi connectivity index (χ4n) is 2.92. The smallest absolute Gasteiger partial charge is 0.160 e. The monoisotopic (exact) mass is 307 g/mol. The average Bonchev–Trinajstić information content (AvgIpc) is 2.89. The maximum Gasteiger partial charge on any atom is 0.160 e. The van der Waals surface area contributed by atoms with E-state index in [1.54, 1.807) is 6.20 Å². The molecule has 0 saturated carbocycles. The minimum absolute atomic E-state index is 0.00782. The van der Waals surface area contributed by atoms with Crippen LogP contribution in [0.3, 0.4) is 0 Å². The predicted molar refractivity (Wildman–Crippen MR) is 83.0 cm³/mol. The first-order valence-electron chi connectivity index (χ1n) is 7.27. The Hall–Kier alpha value is -1.43. The van der Waals surface area contributed by atoms with E-state index >= 15 is 0 Å². The van der Waals surface area contributed by atoms with Crippen LogP contribution >= 0.6 is 0 Å². The van der Waals surface area contributed by atoms with Crippen molar-refractivity contribution < 1.29 is 8.42 Å². The summed E-state index contributed by atoms with van der Waals surface area (Å²) >= 11 is 0. The van der Waals surface area contributed by atoms with Crippen LogP contribution in [-0.4, -0.2) is 34.5 Å². The highest BCUT2D eigenvalue weighted by molar-refractivity contribution is 7.91. The van der Waals surface area contributed by atoms with E-state index in [1.165, 1.54) is 0 Å². The molecule has 3 heterocycles.